The highest BCUT2D eigenvalue weighted by atomic mass is 35.5. The van der Waals surface area contributed by atoms with Gasteiger partial charge in [0.1, 0.15) is 11.6 Å². The summed E-state index contributed by atoms with van der Waals surface area (Å²) >= 11 is 12.5. The van der Waals surface area contributed by atoms with E-state index < -0.39 is 0 Å². The van der Waals surface area contributed by atoms with Crippen molar-refractivity contribution in [1.82, 2.24) is 4.98 Å². The fourth-order valence-electron chi connectivity index (χ4n) is 2.91. The zero-order valence-corrected chi connectivity index (χ0v) is 14.8. The lowest BCUT2D eigenvalue weighted by atomic mass is 9.99. The van der Waals surface area contributed by atoms with Crippen LogP contribution in [-0.4, -0.2) is 35.8 Å². The number of rotatable bonds is 3. The Hall–Kier alpha value is -0.710. The van der Waals surface area contributed by atoms with Crippen LogP contribution in [0.5, 0.6) is 0 Å². The molecule has 1 saturated heterocycles. The zero-order valence-electron chi connectivity index (χ0n) is 13.3. The van der Waals surface area contributed by atoms with E-state index in [1.807, 2.05) is 6.92 Å². The predicted octanol–water partition coefficient (Wildman–Crippen LogP) is 4.21. The smallest absolute Gasteiger partial charge is 0.150 e. The van der Waals surface area contributed by atoms with Crippen LogP contribution in [0.25, 0.3) is 0 Å². The van der Waals surface area contributed by atoms with Crippen LogP contribution in [-0.2, 0) is 4.74 Å². The van der Waals surface area contributed by atoms with E-state index in [2.05, 4.69) is 42.9 Å². The third-order valence-corrected chi connectivity index (χ3v) is 3.82. The topological polar surface area (TPSA) is 37.4 Å². The number of anilines is 2. The summed E-state index contributed by atoms with van der Waals surface area (Å²) < 4.78 is 6.10. The molecule has 0 spiro atoms. The van der Waals surface area contributed by atoms with Gasteiger partial charge in [0.15, 0.2) is 0 Å². The minimum atomic E-state index is -0.259. The van der Waals surface area contributed by atoms with E-state index in [1.165, 1.54) is 0 Å². The summed E-state index contributed by atoms with van der Waals surface area (Å²) in [5.41, 5.74) is -0.518. The van der Waals surface area contributed by atoms with Crippen molar-refractivity contribution in [3.05, 3.63) is 16.1 Å². The van der Waals surface area contributed by atoms with Crippen molar-refractivity contribution >= 4 is 34.8 Å². The lowest BCUT2D eigenvalue weighted by Gasteiger charge is -2.47. The maximum absolute atomic E-state index is 6.36. The zero-order chi connectivity index (χ0) is 15.8. The van der Waals surface area contributed by atoms with Crippen LogP contribution in [0, 0.1) is 0 Å². The van der Waals surface area contributed by atoms with E-state index >= 15 is 0 Å². The largest absolute Gasteiger partial charge is 0.369 e. The van der Waals surface area contributed by atoms with Crippen LogP contribution in [0.4, 0.5) is 11.6 Å². The molecule has 6 heteroatoms. The number of ether oxygens (including phenoxy) is 1. The van der Waals surface area contributed by atoms with E-state index in [9.17, 15) is 0 Å². The second kappa shape index (κ2) is 5.82. The molecule has 1 fully saturated rings. The van der Waals surface area contributed by atoms with Crippen molar-refractivity contribution in [2.24, 2.45) is 0 Å². The molecular weight excluding hydrogens is 309 g/mol. The van der Waals surface area contributed by atoms with Gasteiger partial charge in [0.25, 0.3) is 0 Å². The Labute approximate surface area is 136 Å². The molecule has 0 atom stereocenters. The van der Waals surface area contributed by atoms with Crippen molar-refractivity contribution in [2.75, 3.05) is 29.9 Å². The number of nitrogens with zero attached hydrogens (tertiary/aromatic N) is 2. The fourth-order valence-corrected chi connectivity index (χ4v) is 3.45. The Morgan fingerprint density at radius 2 is 1.76 bits per heavy atom. The highest BCUT2D eigenvalue weighted by molar-refractivity contribution is 6.37. The van der Waals surface area contributed by atoms with Crippen molar-refractivity contribution in [3.8, 4) is 0 Å². The molecule has 2 heterocycles. The normalized spacial score (nSPS) is 20.4. The molecule has 0 amide bonds. The van der Waals surface area contributed by atoms with Gasteiger partial charge in [-0.2, -0.15) is 0 Å². The first kappa shape index (κ1) is 16.7. The van der Waals surface area contributed by atoms with Crippen LogP contribution in [0.1, 0.15) is 34.6 Å². The molecule has 0 bridgehead atoms. The molecule has 1 aliphatic heterocycles. The number of pyridine rings is 1. The standard InChI is InChI=1S/C15H23Cl2N3O/c1-6-18-12-10(16)7-11(17)13(19-12)20-8-14(2,3)21-15(4,5)9-20/h7H,6,8-9H2,1-5H3,(H,18,19). The van der Waals surface area contributed by atoms with Gasteiger partial charge in [-0.25, -0.2) is 4.98 Å². The maximum atomic E-state index is 6.36. The van der Waals surface area contributed by atoms with E-state index in [0.29, 0.717) is 15.9 Å². The molecule has 0 aromatic carbocycles. The van der Waals surface area contributed by atoms with Gasteiger partial charge in [0, 0.05) is 19.6 Å². The average Bonchev–Trinajstić information content (AvgIpc) is 2.28. The lowest BCUT2D eigenvalue weighted by Crippen LogP contribution is -2.57. The number of morpholine rings is 1. The first-order valence-electron chi connectivity index (χ1n) is 7.18. The van der Waals surface area contributed by atoms with Gasteiger partial charge in [-0.15, -0.1) is 0 Å². The minimum absolute atomic E-state index is 0.259. The van der Waals surface area contributed by atoms with Gasteiger partial charge in [0.2, 0.25) is 0 Å². The molecule has 0 saturated carbocycles. The summed E-state index contributed by atoms with van der Waals surface area (Å²) in [6.45, 7) is 12.5. The van der Waals surface area contributed by atoms with Crippen LogP contribution < -0.4 is 10.2 Å². The predicted molar refractivity (Wildman–Crippen MR) is 89.9 cm³/mol. The highest BCUT2D eigenvalue weighted by Gasteiger charge is 2.39. The van der Waals surface area contributed by atoms with E-state index in [4.69, 9.17) is 27.9 Å². The van der Waals surface area contributed by atoms with Crippen molar-refractivity contribution in [1.29, 1.82) is 0 Å². The van der Waals surface area contributed by atoms with E-state index in [-0.39, 0.29) is 11.2 Å². The number of nitrogens with one attached hydrogen (secondary N) is 1. The van der Waals surface area contributed by atoms with Crippen LogP contribution in [0.2, 0.25) is 10.0 Å². The Morgan fingerprint density at radius 3 is 2.29 bits per heavy atom. The Bertz CT molecular complexity index is 516. The molecule has 118 valence electrons. The summed E-state index contributed by atoms with van der Waals surface area (Å²) in [7, 11) is 0. The van der Waals surface area contributed by atoms with Gasteiger partial charge in [-0.05, 0) is 40.7 Å². The fraction of sp³-hybridized carbons (Fsp3) is 0.667. The van der Waals surface area contributed by atoms with Crippen LogP contribution >= 0.6 is 23.2 Å². The number of halogens is 2. The van der Waals surface area contributed by atoms with Gasteiger partial charge in [-0.1, -0.05) is 23.2 Å². The summed E-state index contributed by atoms with van der Waals surface area (Å²) in [4.78, 5) is 6.78. The molecule has 4 nitrogen and oxygen atoms in total. The Kier molecular flexibility index (Phi) is 4.62. The first-order valence-corrected chi connectivity index (χ1v) is 7.94. The van der Waals surface area contributed by atoms with Crippen molar-refractivity contribution < 1.29 is 4.74 Å². The molecule has 1 aromatic heterocycles. The second-order valence-electron chi connectivity index (χ2n) is 6.63. The molecule has 21 heavy (non-hydrogen) atoms. The number of hydrogen-bond donors (Lipinski definition) is 1. The Morgan fingerprint density at radius 1 is 1.19 bits per heavy atom. The maximum Gasteiger partial charge on any atom is 0.150 e. The molecule has 0 radical (unpaired) electrons. The quantitative estimate of drug-likeness (QED) is 0.899. The molecule has 0 unspecified atom stereocenters. The summed E-state index contributed by atoms with van der Waals surface area (Å²) in [6, 6.07) is 1.75. The van der Waals surface area contributed by atoms with Gasteiger partial charge in [-0.3, -0.25) is 0 Å². The SMILES string of the molecule is CCNc1nc(N2CC(C)(C)OC(C)(C)C2)c(Cl)cc1Cl. The molecule has 1 N–H and O–H groups in total. The van der Waals surface area contributed by atoms with Crippen LogP contribution in [0.15, 0.2) is 6.07 Å². The third kappa shape index (κ3) is 3.93. The first-order chi connectivity index (χ1) is 9.63. The number of aromatic nitrogens is 1. The molecular formula is C15H23Cl2N3O. The van der Waals surface area contributed by atoms with Gasteiger partial charge in [0.05, 0.1) is 21.2 Å². The highest BCUT2D eigenvalue weighted by Crippen LogP contribution is 2.36. The average molecular weight is 332 g/mol. The number of hydrogen-bond acceptors (Lipinski definition) is 4. The Balaban J connectivity index is 2.38. The summed E-state index contributed by atoms with van der Waals surface area (Å²) in [6.07, 6.45) is 0. The third-order valence-electron chi connectivity index (χ3n) is 3.25. The lowest BCUT2D eigenvalue weighted by molar-refractivity contribution is -0.133. The van der Waals surface area contributed by atoms with Crippen molar-refractivity contribution in [3.63, 3.8) is 0 Å². The van der Waals surface area contributed by atoms with Crippen molar-refractivity contribution in [2.45, 2.75) is 45.8 Å². The monoisotopic (exact) mass is 331 g/mol. The summed E-state index contributed by atoms with van der Waals surface area (Å²) in [5, 5.41) is 4.27. The molecule has 0 aliphatic carbocycles. The van der Waals surface area contributed by atoms with Gasteiger partial charge < -0.3 is 15.0 Å². The summed E-state index contributed by atoms with van der Waals surface area (Å²) in [5.74, 6) is 1.42. The molecule has 1 aromatic rings. The van der Waals surface area contributed by atoms with Gasteiger partial charge >= 0.3 is 0 Å². The van der Waals surface area contributed by atoms with Crippen LogP contribution in [0.3, 0.4) is 0 Å². The minimum Gasteiger partial charge on any atom is -0.369 e. The molecule has 2 rings (SSSR count). The van der Waals surface area contributed by atoms with E-state index in [0.717, 1.165) is 25.5 Å². The molecule has 1 aliphatic rings. The van der Waals surface area contributed by atoms with E-state index in [1.54, 1.807) is 6.07 Å². The second-order valence-corrected chi connectivity index (χ2v) is 7.45.